The molecule has 0 atom stereocenters. The van der Waals surface area contributed by atoms with Crippen LogP contribution in [0.15, 0.2) is 83.9 Å². The first kappa shape index (κ1) is 22.2. The maximum absolute atomic E-state index is 12.6. The van der Waals surface area contributed by atoms with Crippen LogP contribution in [0.1, 0.15) is 27.7 Å². The lowest BCUT2D eigenvalue weighted by Crippen LogP contribution is -2.06. The lowest BCUT2D eigenvalue weighted by Gasteiger charge is -2.08. The van der Waals surface area contributed by atoms with Gasteiger partial charge in [-0.2, -0.15) is 0 Å². The molecule has 0 unspecified atom stereocenters. The van der Waals surface area contributed by atoms with Crippen molar-refractivity contribution in [2.75, 3.05) is 6.61 Å². The molecular weight excluding hydrogens is 460 g/mol. The summed E-state index contributed by atoms with van der Waals surface area (Å²) in [6.07, 6.45) is 1.91. The van der Waals surface area contributed by atoms with Gasteiger partial charge in [-0.05, 0) is 62.4 Å². The van der Waals surface area contributed by atoms with Gasteiger partial charge in [0.05, 0.1) is 33.9 Å². The summed E-state index contributed by atoms with van der Waals surface area (Å²) in [7, 11) is 0. The van der Waals surface area contributed by atoms with Gasteiger partial charge in [0.25, 0.3) is 0 Å². The van der Waals surface area contributed by atoms with E-state index in [2.05, 4.69) is 48.3 Å². The number of benzene rings is 2. The Labute approximate surface area is 206 Å². The third kappa shape index (κ3) is 4.69. The number of carbonyl (C=O) groups is 1. The zero-order chi connectivity index (χ0) is 23.5. The number of hydrogen-bond acceptors (Lipinski definition) is 6. The molecule has 0 spiro atoms. The van der Waals surface area contributed by atoms with Gasteiger partial charge < -0.3 is 4.74 Å². The Morgan fingerprint density at radius 2 is 1.68 bits per heavy atom. The number of aromatic nitrogens is 1. The van der Waals surface area contributed by atoms with Gasteiger partial charge in [-0.3, -0.25) is 4.99 Å². The Morgan fingerprint density at radius 1 is 0.941 bits per heavy atom. The average Bonchev–Trinajstić information content (AvgIpc) is 3.53. The van der Waals surface area contributed by atoms with E-state index in [1.165, 1.54) is 10.4 Å². The fourth-order valence-corrected chi connectivity index (χ4v) is 5.55. The highest BCUT2D eigenvalue weighted by atomic mass is 32.1. The van der Waals surface area contributed by atoms with Gasteiger partial charge >= 0.3 is 5.97 Å². The average molecular weight is 483 g/mol. The Balaban J connectivity index is 1.43. The summed E-state index contributed by atoms with van der Waals surface area (Å²) in [5.74, 6) is -0.324. The van der Waals surface area contributed by atoms with Crippen molar-refractivity contribution in [1.82, 2.24) is 4.98 Å². The van der Waals surface area contributed by atoms with Crippen LogP contribution >= 0.6 is 22.7 Å². The lowest BCUT2D eigenvalue weighted by molar-refractivity contribution is 0.0528. The van der Waals surface area contributed by atoms with Crippen LogP contribution in [0.4, 0.5) is 5.69 Å². The number of carbonyl (C=O) groups excluding carboxylic acids is 1. The molecule has 0 saturated carbocycles. The maximum Gasteiger partial charge on any atom is 0.338 e. The molecule has 0 aliphatic carbocycles. The summed E-state index contributed by atoms with van der Waals surface area (Å²) < 4.78 is 5.29. The van der Waals surface area contributed by atoms with Gasteiger partial charge in [0.15, 0.2) is 0 Å². The van der Waals surface area contributed by atoms with Gasteiger partial charge in [0, 0.05) is 26.2 Å². The summed E-state index contributed by atoms with van der Waals surface area (Å²) in [5, 5.41) is 0.803. The largest absolute Gasteiger partial charge is 0.462 e. The van der Waals surface area contributed by atoms with Crippen molar-refractivity contribution >= 4 is 51.4 Å². The molecule has 0 aliphatic rings. The minimum absolute atomic E-state index is 0.324. The number of fused-ring (bicyclic) bond motifs is 1. The summed E-state index contributed by atoms with van der Waals surface area (Å²) >= 11 is 3.36. The van der Waals surface area contributed by atoms with Crippen LogP contribution in [0, 0.1) is 6.92 Å². The second-order valence-electron chi connectivity index (χ2n) is 7.75. The first-order chi connectivity index (χ1) is 16.6. The van der Waals surface area contributed by atoms with Crippen LogP contribution in [-0.2, 0) is 4.74 Å². The van der Waals surface area contributed by atoms with Gasteiger partial charge in [-0.1, -0.05) is 35.9 Å². The molecule has 0 fully saturated rings. The number of para-hydroxylation sites is 1. The standard InChI is InChI=1S/C28H22N2O2S2/c1-3-32-28(31)22-16-24(30-23-7-5-4-6-21(22)23)25-14-15-27(34-25)26-13-12-20(33-26)17-29-19-10-8-18(2)9-11-19/h4-17H,3H2,1-2H3. The SMILES string of the molecule is CCOC(=O)c1cc(-c2ccc(-c3ccc(C=Nc4ccc(C)cc4)s3)s2)nc2ccccc12. The highest BCUT2D eigenvalue weighted by molar-refractivity contribution is 7.24. The number of thiophene rings is 2. The van der Waals surface area contributed by atoms with Crippen LogP contribution in [0.2, 0.25) is 0 Å². The van der Waals surface area contributed by atoms with Crippen LogP contribution in [0.3, 0.4) is 0 Å². The van der Waals surface area contributed by atoms with E-state index in [9.17, 15) is 4.79 Å². The van der Waals surface area contributed by atoms with Crippen molar-refractivity contribution in [3.63, 3.8) is 0 Å². The van der Waals surface area contributed by atoms with Crippen LogP contribution in [0.25, 0.3) is 31.2 Å². The number of ether oxygens (including phenoxy) is 1. The molecule has 2 aromatic carbocycles. The molecule has 34 heavy (non-hydrogen) atoms. The maximum atomic E-state index is 12.6. The van der Waals surface area contributed by atoms with Crippen LogP contribution in [-0.4, -0.2) is 23.8 Å². The van der Waals surface area contributed by atoms with E-state index in [1.54, 1.807) is 22.7 Å². The third-order valence-electron chi connectivity index (χ3n) is 5.31. The number of esters is 1. The molecule has 6 heteroatoms. The Bertz CT molecular complexity index is 1500. The fraction of sp³-hybridized carbons (Fsp3) is 0.107. The second kappa shape index (κ2) is 9.71. The minimum Gasteiger partial charge on any atom is -0.462 e. The normalized spacial score (nSPS) is 11.4. The molecule has 3 heterocycles. The topological polar surface area (TPSA) is 51.5 Å². The predicted molar refractivity (Wildman–Crippen MR) is 143 cm³/mol. The highest BCUT2D eigenvalue weighted by Gasteiger charge is 2.16. The first-order valence-corrected chi connectivity index (χ1v) is 12.6. The predicted octanol–water partition coefficient (Wildman–Crippen LogP) is 7.93. The van der Waals surface area contributed by atoms with E-state index in [0.717, 1.165) is 36.9 Å². The third-order valence-corrected chi connectivity index (χ3v) is 7.64. The number of pyridine rings is 1. The van der Waals surface area contributed by atoms with E-state index in [0.29, 0.717) is 12.2 Å². The molecular formula is C28H22N2O2S2. The van der Waals surface area contributed by atoms with Gasteiger partial charge in [0.1, 0.15) is 0 Å². The molecule has 5 rings (SSSR count). The van der Waals surface area contributed by atoms with Crippen molar-refractivity contribution in [2.45, 2.75) is 13.8 Å². The molecule has 0 N–H and O–H groups in total. The summed E-state index contributed by atoms with van der Waals surface area (Å²) in [6, 6.07) is 26.0. The van der Waals surface area contributed by atoms with E-state index in [1.807, 2.05) is 55.6 Å². The Morgan fingerprint density at radius 3 is 2.50 bits per heavy atom. The second-order valence-corrected chi connectivity index (χ2v) is 9.95. The van der Waals surface area contributed by atoms with E-state index in [-0.39, 0.29) is 5.97 Å². The fourth-order valence-electron chi connectivity index (χ4n) is 3.61. The Hall–Kier alpha value is -3.61. The minimum atomic E-state index is -0.324. The van der Waals surface area contributed by atoms with Crippen molar-refractivity contribution < 1.29 is 9.53 Å². The van der Waals surface area contributed by atoms with Gasteiger partial charge in [0.2, 0.25) is 0 Å². The van der Waals surface area contributed by atoms with E-state index >= 15 is 0 Å². The molecule has 0 amide bonds. The van der Waals surface area contributed by atoms with Gasteiger partial charge in [-0.15, -0.1) is 22.7 Å². The van der Waals surface area contributed by atoms with Crippen molar-refractivity contribution in [3.8, 4) is 20.3 Å². The van der Waals surface area contributed by atoms with Crippen molar-refractivity contribution in [3.05, 3.63) is 94.9 Å². The van der Waals surface area contributed by atoms with E-state index in [4.69, 9.17) is 9.72 Å². The number of nitrogens with zero attached hydrogens (tertiary/aromatic N) is 2. The molecule has 0 saturated heterocycles. The first-order valence-electron chi connectivity index (χ1n) is 11.0. The van der Waals surface area contributed by atoms with Crippen LogP contribution < -0.4 is 0 Å². The Kier molecular flexibility index (Phi) is 6.34. The monoisotopic (exact) mass is 482 g/mol. The lowest BCUT2D eigenvalue weighted by atomic mass is 10.1. The number of hydrogen-bond donors (Lipinski definition) is 0. The molecule has 168 valence electrons. The summed E-state index contributed by atoms with van der Waals surface area (Å²) in [5.41, 5.74) is 4.27. The highest BCUT2D eigenvalue weighted by Crippen LogP contribution is 2.38. The van der Waals surface area contributed by atoms with Crippen molar-refractivity contribution in [2.24, 2.45) is 4.99 Å². The zero-order valence-electron chi connectivity index (χ0n) is 18.8. The molecule has 4 nitrogen and oxygen atoms in total. The van der Waals surface area contributed by atoms with Crippen molar-refractivity contribution in [1.29, 1.82) is 0 Å². The molecule has 5 aromatic rings. The number of aliphatic imine (C=N–C) groups is 1. The molecule has 0 bridgehead atoms. The zero-order valence-corrected chi connectivity index (χ0v) is 20.5. The summed E-state index contributed by atoms with van der Waals surface area (Å²) in [4.78, 5) is 26.4. The quantitative estimate of drug-likeness (QED) is 0.182. The van der Waals surface area contributed by atoms with E-state index < -0.39 is 0 Å². The molecule has 0 radical (unpaired) electrons. The molecule has 3 aromatic heterocycles. The van der Waals surface area contributed by atoms with Gasteiger partial charge in [-0.25, -0.2) is 9.78 Å². The smallest absolute Gasteiger partial charge is 0.338 e. The summed E-state index contributed by atoms with van der Waals surface area (Å²) in [6.45, 7) is 4.22. The number of rotatable bonds is 6. The molecule has 0 aliphatic heterocycles. The number of aryl methyl sites for hydroxylation is 1. The van der Waals surface area contributed by atoms with Crippen LogP contribution in [0.5, 0.6) is 0 Å².